The van der Waals surface area contributed by atoms with E-state index in [1.165, 1.54) is 22.0 Å². The third-order valence-corrected chi connectivity index (χ3v) is 4.39. The van der Waals surface area contributed by atoms with Crippen LogP contribution in [-0.4, -0.2) is 9.38 Å². The van der Waals surface area contributed by atoms with E-state index in [-0.39, 0.29) is 0 Å². The van der Waals surface area contributed by atoms with Crippen LogP contribution in [0.25, 0.3) is 27.0 Å². The Morgan fingerprint density at radius 1 is 1.05 bits per heavy atom. The summed E-state index contributed by atoms with van der Waals surface area (Å²) in [4.78, 5) is 5.75. The minimum absolute atomic E-state index is 1.04. The molecule has 0 aliphatic rings. The van der Waals surface area contributed by atoms with E-state index < -0.39 is 0 Å². The summed E-state index contributed by atoms with van der Waals surface area (Å²) in [6.07, 6.45) is 2.12. The molecule has 0 atom stereocenters. The van der Waals surface area contributed by atoms with E-state index in [4.69, 9.17) is 4.98 Å². The van der Waals surface area contributed by atoms with Crippen LogP contribution in [0, 0.1) is 6.92 Å². The molecule has 0 amide bonds. The summed E-state index contributed by atoms with van der Waals surface area (Å²) in [5.41, 5.74) is 3.45. The minimum Gasteiger partial charge on any atom is -0.294 e. The lowest BCUT2D eigenvalue weighted by molar-refractivity contribution is 1.13. The molecule has 0 fully saturated rings. The largest absolute Gasteiger partial charge is 0.294 e. The summed E-state index contributed by atoms with van der Waals surface area (Å²) in [5.74, 6) is 0. The smallest absolute Gasteiger partial charge is 0.194 e. The second-order valence-corrected chi connectivity index (χ2v) is 5.55. The third kappa shape index (κ3) is 1.66. The summed E-state index contributed by atoms with van der Waals surface area (Å²) < 4.78 is 2.15. The Bertz CT molecular complexity index is 886. The number of aromatic nitrogens is 2. The second kappa shape index (κ2) is 3.93. The first-order valence-electron chi connectivity index (χ1n) is 6.24. The summed E-state index contributed by atoms with van der Waals surface area (Å²) in [6, 6.07) is 14.9. The van der Waals surface area contributed by atoms with Crippen molar-refractivity contribution in [2.45, 2.75) is 6.92 Å². The summed E-state index contributed by atoms with van der Waals surface area (Å²) >= 11 is 1.68. The second-order valence-electron chi connectivity index (χ2n) is 4.72. The van der Waals surface area contributed by atoms with Gasteiger partial charge in [0, 0.05) is 22.8 Å². The molecule has 0 aliphatic carbocycles. The van der Waals surface area contributed by atoms with Gasteiger partial charge in [0.1, 0.15) is 0 Å². The number of fused-ring (bicyclic) bond motifs is 2. The van der Waals surface area contributed by atoms with Gasteiger partial charge in [-0.25, -0.2) is 4.98 Å². The topological polar surface area (TPSA) is 17.3 Å². The first kappa shape index (κ1) is 10.8. The van der Waals surface area contributed by atoms with E-state index in [9.17, 15) is 0 Å². The highest BCUT2D eigenvalue weighted by atomic mass is 32.1. The fraction of sp³-hybridized carbons (Fsp3) is 0.0625. The highest BCUT2D eigenvalue weighted by molar-refractivity contribution is 7.15. The van der Waals surface area contributed by atoms with E-state index in [0.29, 0.717) is 0 Å². The molecule has 4 rings (SSSR count). The van der Waals surface area contributed by atoms with Gasteiger partial charge in [0.25, 0.3) is 0 Å². The minimum atomic E-state index is 1.04. The van der Waals surface area contributed by atoms with E-state index in [2.05, 4.69) is 65.4 Å². The molecule has 0 aliphatic heterocycles. The van der Waals surface area contributed by atoms with Crippen molar-refractivity contribution in [2.24, 2.45) is 0 Å². The monoisotopic (exact) mass is 264 g/mol. The normalized spacial score (nSPS) is 11.4. The van der Waals surface area contributed by atoms with Crippen LogP contribution in [0.15, 0.2) is 54.0 Å². The maximum absolute atomic E-state index is 4.69. The van der Waals surface area contributed by atoms with Gasteiger partial charge in [-0.3, -0.25) is 4.40 Å². The zero-order valence-corrected chi connectivity index (χ0v) is 11.3. The van der Waals surface area contributed by atoms with Crippen molar-refractivity contribution in [2.75, 3.05) is 0 Å². The number of rotatable bonds is 1. The van der Waals surface area contributed by atoms with Gasteiger partial charge in [-0.2, -0.15) is 0 Å². The molecule has 0 spiro atoms. The molecule has 0 saturated heterocycles. The molecule has 4 aromatic rings. The number of benzene rings is 2. The molecule has 2 nitrogen and oxygen atoms in total. The molecule has 0 unspecified atom stereocenters. The van der Waals surface area contributed by atoms with Gasteiger partial charge in [0.05, 0.1) is 5.69 Å². The van der Waals surface area contributed by atoms with Crippen LogP contribution >= 0.6 is 11.3 Å². The molecule has 19 heavy (non-hydrogen) atoms. The van der Waals surface area contributed by atoms with Crippen LogP contribution in [0.5, 0.6) is 0 Å². The summed E-state index contributed by atoms with van der Waals surface area (Å²) in [6.45, 7) is 2.11. The molecule has 0 radical (unpaired) electrons. The van der Waals surface area contributed by atoms with Gasteiger partial charge in [0.15, 0.2) is 4.96 Å². The third-order valence-electron chi connectivity index (χ3n) is 3.43. The Morgan fingerprint density at radius 2 is 1.89 bits per heavy atom. The van der Waals surface area contributed by atoms with Crippen molar-refractivity contribution < 1.29 is 0 Å². The molecule has 92 valence electrons. The average molecular weight is 264 g/mol. The zero-order chi connectivity index (χ0) is 12.8. The van der Waals surface area contributed by atoms with E-state index in [1.54, 1.807) is 11.3 Å². The zero-order valence-electron chi connectivity index (χ0n) is 10.5. The Kier molecular flexibility index (Phi) is 2.23. The van der Waals surface area contributed by atoms with Crippen LogP contribution in [0.1, 0.15) is 5.69 Å². The highest BCUT2D eigenvalue weighted by Gasteiger charge is 2.07. The predicted molar refractivity (Wildman–Crippen MR) is 80.7 cm³/mol. The van der Waals surface area contributed by atoms with E-state index >= 15 is 0 Å². The fourth-order valence-electron chi connectivity index (χ4n) is 2.38. The van der Waals surface area contributed by atoms with Crippen LogP contribution < -0.4 is 0 Å². The number of thiazole rings is 1. The van der Waals surface area contributed by atoms with Crippen molar-refractivity contribution in [1.29, 1.82) is 0 Å². The lowest BCUT2D eigenvalue weighted by Crippen LogP contribution is -1.80. The van der Waals surface area contributed by atoms with Gasteiger partial charge < -0.3 is 0 Å². The lowest BCUT2D eigenvalue weighted by atomic mass is 10.1. The van der Waals surface area contributed by atoms with Crippen molar-refractivity contribution in [1.82, 2.24) is 9.38 Å². The number of imidazole rings is 1. The van der Waals surface area contributed by atoms with Crippen molar-refractivity contribution >= 4 is 27.1 Å². The number of hydrogen-bond acceptors (Lipinski definition) is 2. The molecule has 3 heteroatoms. The van der Waals surface area contributed by atoms with Gasteiger partial charge in [-0.1, -0.05) is 36.4 Å². The molecule has 0 saturated carbocycles. The van der Waals surface area contributed by atoms with Crippen molar-refractivity contribution in [3.63, 3.8) is 0 Å². The Hall–Kier alpha value is -2.13. The number of hydrogen-bond donors (Lipinski definition) is 0. The Labute approximate surface area is 115 Å². The van der Waals surface area contributed by atoms with Crippen LogP contribution in [0.4, 0.5) is 0 Å². The number of aryl methyl sites for hydroxylation is 1. The van der Waals surface area contributed by atoms with E-state index in [1.807, 2.05) is 0 Å². The van der Waals surface area contributed by atoms with Gasteiger partial charge in [-0.05, 0) is 23.8 Å². The first-order valence-corrected chi connectivity index (χ1v) is 7.11. The molecule has 0 bridgehead atoms. The van der Waals surface area contributed by atoms with Crippen molar-refractivity contribution in [3.05, 3.63) is 59.7 Å². The summed E-state index contributed by atoms with van der Waals surface area (Å²) in [7, 11) is 0. The standard InChI is InChI=1S/C16H12N2S/c1-11-10-19-16-17-15(9-18(11)16)14-7-6-12-4-2-3-5-13(12)8-14/h2-10H,1H3. The lowest BCUT2D eigenvalue weighted by Gasteiger charge is -2.00. The predicted octanol–water partition coefficient (Wildman–Crippen LogP) is 4.52. The first-order chi connectivity index (χ1) is 9.31. The van der Waals surface area contributed by atoms with Gasteiger partial charge >= 0.3 is 0 Å². The highest BCUT2D eigenvalue weighted by Crippen LogP contribution is 2.26. The molecular weight excluding hydrogens is 252 g/mol. The molecule has 2 aromatic carbocycles. The SMILES string of the molecule is Cc1csc2nc(-c3ccc4ccccc4c3)cn12. The maximum Gasteiger partial charge on any atom is 0.194 e. The van der Waals surface area contributed by atoms with E-state index in [0.717, 1.165) is 10.7 Å². The molecular formula is C16H12N2S. The average Bonchev–Trinajstić information content (AvgIpc) is 3.01. The Morgan fingerprint density at radius 3 is 2.74 bits per heavy atom. The van der Waals surface area contributed by atoms with Crippen LogP contribution in [0.2, 0.25) is 0 Å². The van der Waals surface area contributed by atoms with Gasteiger partial charge in [-0.15, -0.1) is 11.3 Å². The molecule has 0 N–H and O–H groups in total. The summed E-state index contributed by atoms with van der Waals surface area (Å²) in [5, 5.41) is 4.66. The van der Waals surface area contributed by atoms with Crippen molar-refractivity contribution in [3.8, 4) is 11.3 Å². The molecule has 2 aromatic heterocycles. The van der Waals surface area contributed by atoms with Crippen LogP contribution in [-0.2, 0) is 0 Å². The quantitative estimate of drug-likeness (QED) is 0.494. The Balaban J connectivity index is 1.92. The fourth-order valence-corrected chi connectivity index (χ4v) is 3.23. The number of nitrogens with zero attached hydrogens (tertiary/aromatic N) is 2. The van der Waals surface area contributed by atoms with Gasteiger partial charge in [0.2, 0.25) is 0 Å². The molecule has 2 heterocycles. The van der Waals surface area contributed by atoms with Crippen LogP contribution in [0.3, 0.4) is 0 Å². The maximum atomic E-state index is 4.69.